The van der Waals surface area contributed by atoms with E-state index in [0.717, 1.165) is 21.7 Å². The zero-order chi connectivity index (χ0) is 18.1. The average molecular weight is 364 g/mol. The number of rotatable bonds is 3. The van der Waals surface area contributed by atoms with Crippen LogP contribution >= 0.6 is 11.3 Å². The lowest BCUT2D eigenvalue weighted by atomic mass is 9.98. The molecular weight excluding hydrogens is 348 g/mol. The molecule has 0 saturated heterocycles. The maximum atomic E-state index is 12.6. The molecule has 2 aromatic carbocycles. The van der Waals surface area contributed by atoms with Gasteiger partial charge >= 0.3 is 5.97 Å². The third-order valence-corrected chi connectivity index (χ3v) is 5.14. The van der Waals surface area contributed by atoms with Gasteiger partial charge in [0.15, 0.2) is 11.2 Å². The van der Waals surface area contributed by atoms with Crippen LogP contribution < -0.4 is 5.32 Å². The molecule has 0 saturated carbocycles. The number of fused-ring (bicyclic) bond motifs is 1. The fourth-order valence-corrected chi connectivity index (χ4v) is 3.82. The Morgan fingerprint density at radius 1 is 1.15 bits per heavy atom. The van der Waals surface area contributed by atoms with Crippen molar-refractivity contribution in [2.45, 2.75) is 19.4 Å². The highest BCUT2D eigenvalue weighted by molar-refractivity contribution is 7.16. The van der Waals surface area contributed by atoms with Gasteiger partial charge in [-0.2, -0.15) is 0 Å². The van der Waals surface area contributed by atoms with Crippen LogP contribution in [-0.4, -0.2) is 23.0 Å². The number of anilines is 1. The molecule has 3 aromatic rings. The maximum Gasteiger partial charge on any atom is 0.339 e. The van der Waals surface area contributed by atoms with Crippen LogP contribution in [0.25, 0.3) is 11.3 Å². The summed E-state index contributed by atoms with van der Waals surface area (Å²) in [6.45, 7) is 1.96. The van der Waals surface area contributed by atoms with Crippen LogP contribution in [0.2, 0.25) is 0 Å². The third kappa shape index (κ3) is 3.11. The summed E-state index contributed by atoms with van der Waals surface area (Å²) in [5.74, 6) is -0.825. The molecule has 0 radical (unpaired) electrons. The second kappa shape index (κ2) is 6.72. The number of amides is 1. The van der Waals surface area contributed by atoms with Gasteiger partial charge in [0, 0.05) is 16.9 Å². The molecule has 26 heavy (non-hydrogen) atoms. The summed E-state index contributed by atoms with van der Waals surface area (Å²) in [5, 5.41) is 3.29. The zero-order valence-electron chi connectivity index (χ0n) is 14.1. The Morgan fingerprint density at radius 3 is 2.69 bits per heavy atom. The number of hydrogen-bond donors (Lipinski definition) is 1. The van der Waals surface area contributed by atoms with Crippen LogP contribution in [0.1, 0.15) is 20.8 Å². The van der Waals surface area contributed by atoms with Crippen molar-refractivity contribution in [3.8, 4) is 11.3 Å². The monoisotopic (exact) mass is 364 g/mol. The highest BCUT2D eigenvalue weighted by Crippen LogP contribution is 2.30. The van der Waals surface area contributed by atoms with E-state index >= 15 is 0 Å². The number of thiazole rings is 1. The number of carbonyl (C=O) groups excluding carboxylic acids is 2. The molecule has 0 bridgehead atoms. The fraction of sp³-hybridized carbons (Fsp3) is 0.150. The van der Waals surface area contributed by atoms with Gasteiger partial charge in [0.25, 0.3) is 5.91 Å². The SMILES string of the molecule is Cc1sc(NC(=O)[C@H]2Cc3ccccc3C(=O)O2)nc1-c1ccccc1. The summed E-state index contributed by atoms with van der Waals surface area (Å²) >= 11 is 1.40. The summed E-state index contributed by atoms with van der Waals surface area (Å²) in [4.78, 5) is 30.2. The highest BCUT2D eigenvalue weighted by atomic mass is 32.1. The molecule has 1 aliphatic rings. The van der Waals surface area contributed by atoms with Crippen molar-refractivity contribution in [1.29, 1.82) is 0 Å². The molecule has 1 aromatic heterocycles. The minimum atomic E-state index is -0.846. The van der Waals surface area contributed by atoms with E-state index in [1.54, 1.807) is 12.1 Å². The van der Waals surface area contributed by atoms with Crippen LogP contribution in [0.4, 0.5) is 5.13 Å². The normalized spacial score (nSPS) is 15.9. The molecule has 4 rings (SSSR count). The van der Waals surface area contributed by atoms with Crippen LogP contribution in [0.15, 0.2) is 54.6 Å². The number of nitrogens with one attached hydrogen (secondary N) is 1. The number of nitrogens with zero attached hydrogens (tertiary/aromatic N) is 1. The standard InChI is InChI=1S/C20H16N2O3S/c1-12-17(13-7-3-2-4-8-13)21-20(26-12)22-18(23)16-11-14-9-5-6-10-15(14)19(24)25-16/h2-10,16H,11H2,1H3,(H,21,22,23)/t16-/m1/s1. The lowest BCUT2D eigenvalue weighted by Crippen LogP contribution is -2.37. The van der Waals surface area contributed by atoms with Crippen molar-refractivity contribution >= 4 is 28.3 Å². The predicted molar refractivity (Wildman–Crippen MR) is 100 cm³/mol. The number of carbonyl (C=O) groups is 2. The molecule has 0 fully saturated rings. The Labute approximate surface area is 154 Å². The topological polar surface area (TPSA) is 68.3 Å². The minimum absolute atomic E-state index is 0.360. The van der Waals surface area contributed by atoms with Crippen molar-refractivity contribution in [3.63, 3.8) is 0 Å². The summed E-state index contributed by atoms with van der Waals surface area (Å²) in [6.07, 6.45) is -0.481. The second-order valence-corrected chi connectivity index (χ2v) is 7.24. The maximum absolute atomic E-state index is 12.6. The smallest absolute Gasteiger partial charge is 0.339 e. The summed E-state index contributed by atoms with van der Waals surface area (Å²) in [5.41, 5.74) is 3.19. The van der Waals surface area contributed by atoms with E-state index in [1.807, 2.05) is 49.4 Å². The van der Waals surface area contributed by atoms with Gasteiger partial charge in [-0.3, -0.25) is 10.1 Å². The van der Waals surface area contributed by atoms with Gasteiger partial charge in [-0.05, 0) is 18.6 Å². The molecule has 0 spiro atoms. The highest BCUT2D eigenvalue weighted by Gasteiger charge is 2.31. The van der Waals surface area contributed by atoms with E-state index in [0.29, 0.717) is 17.1 Å². The summed E-state index contributed by atoms with van der Waals surface area (Å²) in [6, 6.07) is 17.0. The molecule has 5 nitrogen and oxygen atoms in total. The number of hydrogen-bond acceptors (Lipinski definition) is 5. The molecule has 1 atom stereocenters. The Kier molecular flexibility index (Phi) is 4.26. The Morgan fingerprint density at radius 2 is 1.88 bits per heavy atom. The van der Waals surface area contributed by atoms with Crippen LogP contribution in [0.3, 0.4) is 0 Å². The van der Waals surface area contributed by atoms with E-state index in [-0.39, 0.29) is 5.91 Å². The average Bonchev–Trinajstić information content (AvgIpc) is 3.02. The summed E-state index contributed by atoms with van der Waals surface area (Å²) in [7, 11) is 0. The van der Waals surface area contributed by atoms with Gasteiger partial charge in [0.2, 0.25) is 0 Å². The predicted octanol–water partition coefficient (Wildman–Crippen LogP) is 3.84. The first-order valence-corrected chi connectivity index (χ1v) is 9.06. The lowest BCUT2D eigenvalue weighted by Gasteiger charge is -2.23. The van der Waals surface area contributed by atoms with Crippen molar-refractivity contribution in [2.24, 2.45) is 0 Å². The number of aromatic nitrogens is 1. The molecule has 1 N–H and O–H groups in total. The number of aryl methyl sites for hydroxylation is 1. The molecule has 1 aliphatic heterocycles. The largest absolute Gasteiger partial charge is 0.448 e. The quantitative estimate of drug-likeness (QED) is 0.717. The fourth-order valence-electron chi connectivity index (χ4n) is 2.98. The number of cyclic esters (lactones) is 1. The molecule has 0 unspecified atom stereocenters. The first-order valence-electron chi connectivity index (χ1n) is 8.24. The summed E-state index contributed by atoms with van der Waals surface area (Å²) < 4.78 is 5.29. The Balaban J connectivity index is 1.52. The van der Waals surface area contributed by atoms with Crippen molar-refractivity contribution in [1.82, 2.24) is 4.98 Å². The lowest BCUT2D eigenvalue weighted by molar-refractivity contribution is -0.125. The minimum Gasteiger partial charge on any atom is -0.448 e. The first kappa shape index (κ1) is 16.5. The van der Waals surface area contributed by atoms with Crippen molar-refractivity contribution in [2.75, 3.05) is 5.32 Å². The Hall–Kier alpha value is -2.99. The number of esters is 1. The van der Waals surface area contributed by atoms with Crippen molar-refractivity contribution < 1.29 is 14.3 Å². The van der Waals surface area contributed by atoms with Gasteiger partial charge in [0.1, 0.15) is 0 Å². The van der Waals surface area contributed by atoms with Crippen LogP contribution in [0, 0.1) is 6.92 Å². The molecule has 130 valence electrons. The van der Waals surface area contributed by atoms with Gasteiger partial charge in [-0.1, -0.05) is 48.5 Å². The van der Waals surface area contributed by atoms with Crippen LogP contribution in [-0.2, 0) is 16.0 Å². The van der Waals surface area contributed by atoms with E-state index < -0.39 is 12.1 Å². The number of ether oxygens (including phenoxy) is 1. The molecule has 1 amide bonds. The molecule has 0 aliphatic carbocycles. The van der Waals surface area contributed by atoms with E-state index in [9.17, 15) is 9.59 Å². The number of benzene rings is 2. The van der Waals surface area contributed by atoms with Crippen molar-refractivity contribution in [3.05, 3.63) is 70.6 Å². The molecular formula is C20H16N2O3S. The zero-order valence-corrected chi connectivity index (χ0v) is 14.9. The Bertz CT molecular complexity index is 982. The first-order chi connectivity index (χ1) is 12.6. The van der Waals surface area contributed by atoms with E-state index in [4.69, 9.17) is 4.74 Å². The second-order valence-electron chi connectivity index (χ2n) is 6.03. The molecule has 2 heterocycles. The van der Waals surface area contributed by atoms with Crippen LogP contribution in [0.5, 0.6) is 0 Å². The third-order valence-electron chi connectivity index (χ3n) is 4.26. The van der Waals surface area contributed by atoms with Gasteiger partial charge < -0.3 is 4.74 Å². The molecule has 6 heteroatoms. The van der Waals surface area contributed by atoms with E-state index in [1.165, 1.54) is 11.3 Å². The van der Waals surface area contributed by atoms with Gasteiger partial charge in [-0.25, -0.2) is 9.78 Å². The van der Waals surface area contributed by atoms with Gasteiger partial charge in [-0.15, -0.1) is 11.3 Å². The van der Waals surface area contributed by atoms with E-state index in [2.05, 4.69) is 10.3 Å². The van der Waals surface area contributed by atoms with Gasteiger partial charge in [0.05, 0.1) is 11.3 Å².